The minimum Gasteiger partial charge on any atom is -0.507 e. The van der Waals surface area contributed by atoms with Crippen LogP contribution in [0.2, 0.25) is 0 Å². The van der Waals surface area contributed by atoms with E-state index in [1.165, 1.54) is 23.3 Å². The molecule has 2 N–H and O–H groups in total. The first-order valence-corrected chi connectivity index (χ1v) is 14.2. The summed E-state index contributed by atoms with van der Waals surface area (Å²) >= 11 is 4.65. The van der Waals surface area contributed by atoms with Crippen molar-refractivity contribution in [3.05, 3.63) is 80.3 Å². The van der Waals surface area contributed by atoms with Crippen molar-refractivity contribution >= 4 is 60.1 Å². The maximum Gasteiger partial charge on any atom is 0.301 e. The van der Waals surface area contributed by atoms with E-state index in [0.717, 1.165) is 32.7 Å². The number of anilines is 1. The van der Waals surface area contributed by atoms with Gasteiger partial charge in [0.2, 0.25) is 0 Å². The summed E-state index contributed by atoms with van der Waals surface area (Å²) in [6.07, 6.45) is 0.673. The number of aliphatic hydroxyl groups excluding tert-OH is 1. The van der Waals surface area contributed by atoms with E-state index in [2.05, 4.69) is 15.9 Å². The van der Waals surface area contributed by atoms with Crippen LogP contribution in [0.3, 0.4) is 0 Å². The van der Waals surface area contributed by atoms with Crippen molar-refractivity contribution in [2.75, 3.05) is 12.0 Å². The lowest BCUT2D eigenvalue weighted by atomic mass is 9.94. The van der Waals surface area contributed by atoms with Crippen molar-refractivity contribution in [3.63, 3.8) is 0 Å². The number of hydrogen-bond donors (Lipinski definition) is 2. The van der Waals surface area contributed by atoms with Crippen molar-refractivity contribution in [3.8, 4) is 17.2 Å². The first kappa shape index (κ1) is 26.3. The number of hydrogen-bond acceptors (Lipinski definition) is 8. The Morgan fingerprint density at radius 2 is 1.95 bits per heavy atom. The third kappa shape index (κ3) is 4.13. The minimum atomic E-state index is -1.03. The van der Waals surface area contributed by atoms with Crippen LogP contribution < -0.4 is 14.4 Å². The van der Waals surface area contributed by atoms with Gasteiger partial charge in [-0.3, -0.25) is 14.5 Å². The van der Waals surface area contributed by atoms with Gasteiger partial charge in [0.1, 0.15) is 17.6 Å². The molecule has 3 heterocycles. The van der Waals surface area contributed by atoms with Gasteiger partial charge in [0.15, 0.2) is 16.6 Å². The van der Waals surface area contributed by atoms with Gasteiger partial charge in [-0.15, -0.1) is 0 Å². The van der Waals surface area contributed by atoms with Gasteiger partial charge < -0.3 is 19.7 Å². The Balaban J connectivity index is 1.58. The van der Waals surface area contributed by atoms with Crippen LogP contribution in [0.5, 0.6) is 17.2 Å². The summed E-state index contributed by atoms with van der Waals surface area (Å²) in [7, 11) is 1.41. The molecule has 204 valence electrons. The van der Waals surface area contributed by atoms with Crippen LogP contribution in [0, 0.1) is 13.8 Å². The van der Waals surface area contributed by atoms with Gasteiger partial charge in [0, 0.05) is 12.0 Å². The fraction of sp³-hybridized carbons (Fsp3) is 0.233. The van der Waals surface area contributed by atoms with Gasteiger partial charge in [0.05, 0.1) is 33.4 Å². The van der Waals surface area contributed by atoms with Crippen LogP contribution >= 0.6 is 27.3 Å². The lowest BCUT2D eigenvalue weighted by Crippen LogP contribution is -2.29. The summed E-state index contributed by atoms with van der Waals surface area (Å²) in [6.45, 7) is 5.90. The number of aryl methyl sites for hydroxylation is 2. The Hall–Kier alpha value is -3.89. The van der Waals surface area contributed by atoms with Gasteiger partial charge in [0.25, 0.3) is 5.78 Å². The Morgan fingerprint density at radius 1 is 1.18 bits per heavy atom. The number of carbonyl (C=O) groups excluding carboxylic acids is 2. The van der Waals surface area contributed by atoms with Gasteiger partial charge >= 0.3 is 5.91 Å². The number of phenols is 1. The molecule has 0 spiro atoms. The quantitative estimate of drug-likeness (QED) is 0.156. The Bertz CT molecular complexity index is 1780. The lowest BCUT2D eigenvalue weighted by molar-refractivity contribution is -0.132. The second kappa shape index (κ2) is 9.64. The molecule has 2 aliphatic heterocycles. The minimum absolute atomic E-state index is 0.00548. The number of carbonyl (C=O) groups is 2. The summed E-state index contributed by atoms with van der Waals surface area (Å²) < 4.78 is 12.3. The number of ether oxygens (including phenoxy) is 2. The van der Waals surface area contributed by atoms with Crippen LogP contribution in [0.4, 0.5) is 5.13 Å². The van der Waals surface area contributed by atoms with Crippen molar-refractivity contribution in [1.29, 1.82) is 0 Å². The van der Waals surface area contributed by atoms with E-state index in [9.17, 15) is 19.8 Å². The summed E-state index contributed by atoms with van der Waals surface area (Å²) in [5.41, 5.74) is 4.43. The maximum atomic E-state index is 13.7. The molecule has 8 nitrogen and oxygen atoms in total. The highest BCUT2D eigenvalue weighted by Gasteiger charge is 2.48. The van der Waals surface area contributed by atoms with E-state index >= 15 is 0 Å². The predicted octanol–water partition coefficient (Wildman–Crippen LogP) is 6.34. The van der Waals surface area contributed by atoms with Gasteiger partial charge in [-0.25, -0.2) is 4.98 Å². The van der Waals surface area contributed by atoms with Crippen LogP contribution in [-0.2, 0) is 16.0 Å². The summed E-state index contributed by atoms with van der Waals surface area (Å²) in [4.78, 5) is 33.4. The third-order valence-electron chi connectivity index (χ3n) is 7.22. The molecule has 6 rings (SSSR count). The highest BCUT2D eigenvalue weighted by Crippen LogP contribution is 2.48. The molecule has 0 aliphatic carbocycles. The second-order valence-corrected chi connectivity index (χ2v) is 12.0. The molecule has 1 fully saturated rings. The van der Waals surface area contributed by atoms with Crippen molar-refractivity contribution in [1.82, 2.24) is 4.98 Å². The van der Waals surface area contributed by atoms with Crippen molar-refractivity contribution < 1.29 is 29.3 Å². The van der Waals surface area contributed by atoms with E-state index in [1.54, 1.807) is 30.3 Å². The maximum absolute atomic E-state index is 13.7. The standard InChI is InChI=1S/C30H25BrN2O6S/c1-13-7-14(2)24-22(8-13)40-30(32-24)33-25(18-11-19(31)27(35)21(12-18)38-4)23(28(36)29(33)37)26(34)16-5-6-20-17(10-16)9-15(3)39-20/h5-8,10-12,15,25,34-35H,9H2,1-4H3/b26-23+/t15-,25-/m1/s1. The number of halogens is 1. The molecular formula is C30H25BrN2O6S. The predicted molar refractivity (Wildman–Crippen MR) is 156 cm³/mol. The number of thiazole rings is 1. The molecule has 0 saturated carbocycles. The number of aromatic nitrogens is 1. The number of phenolic OH excluding ortho intramolecular Hbond substituents is 1. The first-order valence-electron chi connectivity index (χ1n) is 12.6. The fourth-order valence-corrected chi connectivity index (χ4v) is 7.07. The SMILES string of the molecule is COc1cc([C@@H]2/C(=C(\O)c3ccc4c(c3)C[C@@H](C)O4)C(=O)C(=O)N2c2nc3c(C)cc(C)cc3s2)cc(Br)c1O. The molecule has 40 heavy (non-hydrogen) atoms. The highest BCUT2D eigenvalue weighted by atomic mass is 79.9. The molecule has 4 aromatic rings. The molecule has 1 amide bonds. The molecule has 1 aromatic heterocycles. The number of nitrogens with zero attached hydrogens (tertiary/aromatic N) is 2. The summed E-state index contributed by atoms with van der Waals surface area (Å²) in [5.74, 6) is -1.18. The fourth-order valence-electron chi connectivity index (χ4n) is 5.44. The lowest BCUT2D eigenvalue weighted by Gasteiger charge is -2.24. The number of ketones is 1. The number of amides is 1. The summed E-state index contributed by atoms with van der Waals surface area (Å²) in [6, 6.07) is 11.4. The number of rotatable bonds is 4. The number of aliphatic hydroxyl groups is 1. The first-order chi connectivity index (χ1) is 19.1. The molecule has 10 heteroatoms. The van der Waals surface area contributed by atoms with Gasteiger partial charge in [-0.05, 0) is 95.4 Å². The van der Waals surface area contributed by atoms with Gasteiger partial charge in [-0.1, -0.05) is 17.4 Å². The Kier molecular flexibility index (Phi) is 6.35. The van der Waals surface area contributed by atoms with Crippen molar-refractivity contribution in [2.45, 2.75) is 39.3 Å². The van der Waals surface area contributed by atoms with Crippen molar-refractivity contribution in [2.24, 2.45) is 0 Å². The van der Waals surface area contributed by atoms with E-state index < -0.39 is 17.7 Å². The monoisotopic (exact) mass is 620 g/mol. The Labute approximate surface area is 242 Å². The van der Waals surface area contributed by atoms with Crippen LogP contribution in [0.25, 0.3) is 16.0 Å². The highest BCUT2D eigenvalue weighted by molar-refractivity contribution is 9.10. The summed E-state index contributed by atoms with van der Waals surface area (Å²) in [5, 5.41) is 22.4. The zero-order valence-corrected chi connectivity index (χ0v) is 24.5. The van der Waals surface area contributed by atoms with Crippen LogP contribution in [-0.4, -0.2) is 40.1 Å². The molecule has 2 atom stereocenters. The molecule has 2 aliphatic rings. The Morgan fingerprint density at radius 3 is 2.70 bits per heavy atom. The normalized spacial score (nSPS) is 19.8. The van der Waals surface area contributed by atoms with E-state index in [0.29, 0.717) is 27.2 Å². The molecule has 0 unspecified atom stereocenters. The molecule has 1 saturated heterocycles. The number of Topliss-reactive ketones (excluding diaryl/α,β-unsaturated/α-hetero) is 1. The van der Waals surface area contributed by atoms with Gasteiger partial charge in [-0.2, -0.15) is 0 Å². The van der Waals surface area contributed by atoms with E-state index in [4.69, 9.17) is 14.5 Å². The number of aromatic hydroxyl groups is 1. The molecule has 0 bridgehead atoms. The molecule has 0 radical (unpaired) electrons. The van der Waals surface area contributed by atoms with E-state index in [-0.39, 0.29) is 28.9 Å². The number of fused-ring (bicyclic) bond motifs is 2. The van der Waals surface area contributed by atoms with Crippen LogP contribution in [0.15, 0.2) is 52.5 Å². The van der Waals surface area contributed by atoms with Crippen LogP contribution in [0.1, 0.15) is 40.8 Å². The second-order valence-electron chi connectivity index (χ2n) is 10.1. The third-order valence-corrected chi connectivity index (χ3v) is 8.83. The largest absolute Gasteiger partial charge is 0.507 e. The number of benzene rings is 3. The average molecular weight is 622 g/mol. The van der Waals surface area contributed by atoms with E-state index in [1.807, 2.05) is 32.9 Å². The zero-order chi connectivity index (χ0) is 28.5. The molecule has 3 aromatic carbocycles. The zero-order valence-electron chi connectivity index (χ0n) is 22.1. The smallest absolute Gasteiger partial charge is 0.301 e. The number of methoxy groups -OCH3 is 1. The topological polar surface area (TPSA) is 109 Å². The average Bonchev–Trinajstić information content (AvgIpc) is 3.57. The molecular weight excluding hydrogens is 596 g/mol.